The van der Waals surface area contributed by atoms with Gasteiger partial charge in [-0.25, -0.2) is 23.8 Å². The molecule has 3 N–H and O–H groups in total. The quantitative estimate of drug-likeness (QED) is 0.729. The highest BCUT2D eigenvalue weighted by molar-refractivity contribution is 5.99. The molecule has 0 aliphatic carbocycles. The molecule has 1 aromatic carbocycles. The van der Waals surface area contributed by atoms with Crippen molar-refractivity contribution in [2.75, 3.05) is 11.1 Å². The van der Waals surface area contributed by atoms with E-state index in [2.05, 4.69) is 20.4 Å². The first-order chi connectivity index (χ1) is 12.2. The number of ether oxygens (including phenoxy) is 1. The summed E-state index contributed by atoms with van der Waals surface area (Å²) in [5, 5.41) is 7.17. The normalized spacial score (nSPS) is 11.6. The van der Waals surface area contributed by atoms with Gasteiger partial charge in [-0.2, -0.15) is 5.10 Å². The van der Waals surface area contributed by atoms with Crippen LogP contribution in [-0.4, -0.2) is 31.4 Å². The van der Waals surface area contributed by atoms with Crippen LogP contribution in [-0.2, 0) is 11.8 Å². The maximum absolute atomic E-state index is 15.0. The number of anilines is 2. The van der Waals surface area contributed by atoms with E-state index in [1.54, 1.807) is 40.0 Å². The first-order valence-electron chi connectivity index (χ1n) is 7.89. The van der Waals surface area contributed by atoms with Crippen molar-refractivity contribution in [1.29, 1.82) is 0 Å². The van der Waals surface area contributed by atoms with Gasteiger partial charge in [0.2, 0.25) is 0 Å². The Morgan fingerprint density at radius 2 is 2.04 bits per heavy atom. The fourth-order valence-electron chi connectivity index (χ4n) is 2.52. The number of nitrogens with zero attached hydrogens (tertiary/aromatic N) is 4. The number of carbonyl (C=O) groups is 1. The molecule has 0 saturated heterocycles. The highest BCUT2D eigenvalue weighted by Gasteiger charge is 2.22. The number of fused-ring (bicyclic) bond motifs is 1. The van der Waals surface area contributed by atoms with Crippen molar-refractivity contribution >= 4 is 28.6 Å². The molecule has 1 amide bonds. The van der Waals surface area contributed by atoms with Gasteiger partial charge in [0.25, 0.3) is 0 Å². The standard InChI is InChI=1S/C17H19FN6O2/c1-17(2,3)26-16(25)22-10-7-5-6-9(12(10)18)13-11-14(19)20-8-21-15(11)24(4)23-13/h5-8H,1-4H3,(H,22,25)(H2,19,20,21). The van der Waals surface area contributed by atoms with Crippen LogP contribution in [0.1, 0.15) is 20.8 Å². The van der Waals surface area contributed by atoms with E-state index in [-0.39, 0.29) is 17.1 Å². The summed E-state index contributed by atoms with van der Waals surface area (Å²) in [6, 6.07) is 4.59. The summed E-state index contributed by atoms with van der Waals surface area (Å²) in [6.45, 7) is 5.17. The number of amides is 1. The summed E-state index contributed by atoms with van der Waals surface area (Å²) >= 11 is 0. The third-order valence-electron chi connectivity index (χ3n) is 3.54. The third-order valence-corrected chi connectivity index (χ3v) is 3.54. The predicted octanol–water partition coefficient (Wildman–Crippen LogP) is 3.10. The highest BCUT2D eigenvalue weighted by Crippen LogP contribution is 2.33. The van der Waals surface area contributed by atoms with Crippen molar-refractivity contribution in [3.8, 4) is 11.3 Å². The fourth-order valence-corrected chi connectivity index (χ4v) is 2.52. The number of rotatable bonds is 2. The van der Waals surface area contributed by atoms with Gasteiger partial charge < -0.3 is 10.5 Å². The molecule has 0 atom stereocenters. The summed E-state index contributed by atoms with van der Waals surface area (Å²) in [5.74, 6) is -0.454. The van der Waals surface area contributed by atoms with Crippen LogP contribution in [0.3, 0.4) is 0 Å². The maximum atomic E-state index is 15.0. The van der Waals surface area contributed by atoms with Crippen molar-refractivity contribution in [2.45, 2.75) is 26.4 Å². The molecule has 0 bridgehead atoms. The summed E-state index contributed by atoms with van der Waals surface area (Å²) < 4.78 is 21.7. The number of hydrogen-bond acceptors (Lipinski definition) is 6. The summed E-state index contributed by atoms with van der Waals surface area (Å²) in [4.78, 5) is 20.0. The molecular weight excluding hydrogens is 339 g/mol. The van der Waals surface area contributed by atoms with Gasteiger partial charge in [0.05, 0.1) is 11.1 Å². The van der Waals surface area contributed by atoms with Gasteiger partial charge in [0.15, 0.2) is 11.5 Å². The number of halogens is 1. The fraction of sp³-hybridized carbons (Fsp3) is 0.294. The number of nitrogens with two attached hydrogens (primary N) is 1. The van der Waals surface area contributed by atoms with Crippen LogP contribution in [0.4, 0.5) is 20.7 Å². The minimum Gasteiger partial charge on any atom is -0.444 e. The molecule has 9 heteroatoms. The lowest BCUT2D eigenvalue weighted by Gasteiger charge is -2.20. The Labute approximate surface area is 149 Å². The minimum absolute atomic E-state index is 0.0222. The molecule has 8 nitrogen and oxygen atoms in total. The molecule has 3 rings (SSSR count). The molecule has 0 unspecified atom stereocenters. The molecule has 2 heterocycles. The zero-order valence-electron chi connectivity index (χ0n) is 14.9. The number of aryl methyl sites for hydroxylation is 1. The van der Waals surface area contributed by atoms with E-state index in [4.69, 9.17) is 10.5 Å². The Kier molecular flexibility index (Phi) is 4.23. The minimum atomic E-state index is -0.748. The molecule has 0 aliphatic rings. The lowest BCUT2D eigenvalue weighted by molar-refractivity contribution is 0.0635. The molecule has 0 radical (unpaired) electrons. The van der Waals surface area contributed by atoms with Crippen molar-refractivity contribution in [2.24, 2.45) is 7.05 Å². The van der Waals surface area contributed by atoms with Gasteiger partial charge in [0, 0.05) is 12.6 Å². The summed E-state index contributed by atoms with van der Waals surface area (Å²) in [7, 11) is 1.68. The lowest BCUT2D eigenvalue weighted by atomic mass is 10.1. The SMILES string of the molecule is Cn1nc(-c2cccc(NC(=O)OC(C)(C)C)c2F)c2c(N)ncnc21. The zero-order valence-corrected chi connectivity index (χ0v) is 14.9. The van der Waals surface area contributed by atoms with Crippen LogP contribution in [0.2, 0.25) is 0 Å². The van der Waals surface area contributed by atoms with E-state index in [1.165, 1.54) is 17.1 Å². The topological polar surface area (TPSA) is 108 Å². The van der Waals surface area contributed by atoms with E-state index in [0.29, 0.717) is 16.7 Å². The molecule has 26 heavy (non-hydrogen) atoms. The summed E-state index contributed by atoms with van der Waals surface area (Å²) in [6.07, 6.45) is 0.572. The Morgan fingerprint density at radius 1 is 1.31 bits per heavy atom. The molecule has 0 fully saturated rings. The van der Waals surface area contributed by atoms with Crippen molar-refractivity contribution < 1.29 is 13.9 Å². The monoisotopic (exact) mass is 358 g/mol. The first kappa shape index (κ1) is 17.6. The predicted molar refractivity (Wildman–Crippen MR) is 96.0 cm³/mol. The van der Waals surface area contributed by atoms with Crippen molar-refractivity contribution in [3.63, 3.8) is 0 Å². The molecule has 0 aliphatic heterocycles. The largest absolute Gasteiger partial charge is 0.444 e. The van der Waals surface area contributed by atoms with Crippen LogP contribution in [0.25, 0.3) is 22.3 Å². The van der Waals surface area contributed by atoms with Crippen LogP contribution < -0.4 is 11.1 Å². The number of aromatic nitrogens is 4. The Bertz CT molecular complexity index is 993. The average Bonchev–Trinajstić information content (AvgIpc) is 2.86. The van der Waals surface area contributed by atoms with Gasteiger partial charge in [-0.3, -0.25) is 5.32 Å². The summed E-state index contributed by atoms with van der Waals surface area (Å²) in [5.41, 5.74) is 6.17. The smallest absolute Gasteiger partial charge is 0.412 e. The zero-order chi connectivity index (χ0) is 19.1. The first-order valence-corrected chi connectivity index (χ1v) is 7.89. The van der Waals surface area contributed by atoms with E-state index < -0.39 is 17.5 Å². The Balaban J connectivity index is 2.05. The molecule has 0 saturated carbocycles. The number of nitrogens with one attached hydrogen (secondary N) is 1. The van der Waals surface area contributed by atoms with Crippen molar-refractivity contribution in [3.05, 3.63) is 30.3 Å². The number of benzene rings is 1. The molecule has 0 spiro atoms. The van der Waals surface area contributed by atoms with Gasteiger partial charge in [-0.15, -0.1) is 0 Å². The molecular formula is C17H19FN6O2. The van der Waals surface area contributed by atoms with Gasteiger partial charge in [-0.1, -0.05) is 6.07 Å². The number of nitrogen functional groups attached to an aromatic ring is 1. The second kappa shape index (κ2) is 6.25. The third kappa shape index (κ3) is 3.28. The van der Waals surface area contributed by atoms with Crippen LogP contribution in [0.5, 0.6) is 0 Å². The van der Waals surface area contributed by atoms with Gasteiger partial charge >= 0.3 is 6.09 Å². The second-order valence-electron chi connectivity index (χ2n) is 6.72. The second-order valence-corrected chi connectivity index (χ2v) is 6.72. The molecule has 2 aromatic heterocycles. The number of carbonyl (C=O) groups excluding carboxylic acids is 1. The highest BCUT2D eigenvalue weighted by atomic mass is 19.1. The van der Waals surface area contributed by atoms with Crippen LogP contribution in [0.15, 0.2) is 24.5 Å². The van der Waals surface area contributed by atoms with Crippen molar-refractivity contribution in [1.82, 2.24) is 19.7 Å². The van der Waals surface area contributed by atoms with E-state index in [9.17, 15) is 4.79 Å². The van der Waals surface area contributed by atoms with Gasteiger partial charge in [-0.05, 0) is 32.9 Å². The average molecular weight is 358 g/mol. The van der Waals surface area contributed by atoms with E-state index >= 15 is 4.39 Å². The van der Waals surface area contributed by atoms with Crippen LogP contribution in [0, 0.1) is 5.82 Å². The number of hydrogen-bond donors (Lipinski definition) is 2. The Morgan fingerprint density at radius 3 is 2.73 bits per heavy atom. The maximum Gasteiger partial charge on any atom is 0.412 e. The van der Waals surface area contributed by atoms with Gasteiger partial charge in [0.1, 0.15) is 23.4 Å². The Hall–Kier alpha value is -3.23. The van der Waals surface area contributed by atoms with E-state index in [0.717, 1.165) is 0 Å². The lowest BCUT2D eigenvalue weighted by Crippen LogP contribution is -2.27. The van der Waals surface area contributed by atoms with Crippen LogP contribution >= 0.6 is 0 Å². The molecule has 3 aromatic rings. The van der Waals surface area contributed by atoms with E-state index in [1.807, 2.05) is 0 Å². The molecule has 136 valence electrons.